The molecule has 2 aliphatic heterocycles. The van der Waals surface area contributed by atoms with Gasteiger partial charge >= 0.3 is 0 Å². The molecule has 18 heavy (non-hydrogen) atoms. The Balaban J connectivity index is 1.71. The minimum absolute atomic E-state index is 0.0805. The van der Waals surface area contributed by atoms with Crippen molar-refractivity contribution in [3.63, 3.8) is 0 Å². The van der Waals surface area contributed by atoms with Crippen molar-refractivity contribution in [1.82, 2.24) is 5.32 Å². The average Bonchev–Trinajstić information content (AvgIpc) is 2.40. The third-order valence-electron chi connectivity index (χ3n) is 4.02. The summed E-state index contributed by atoms with van der Waals surface area (Å²) in [6, 6.07) is 0. The zero-order valence-corrected chi connectivity index (χ0v) is 11.7. The van der Waals surface area contributed by atoms with Gasteiger partial charge in [0.25, 0.3) is 0 Å². The number of hydrogen-bond donors (Lipinski definition) is 2. The van der Waals surface area contributed by atoms with E-state index in [2.05, 4.69) is 17.9 Å². The second-order valence-electron chi connectivity index (χ2n) is 5.36. The van der Waals surface area contributed by atoms with Crippen LogP contribution in [-0.4, -0.2) is 44.1 Å². The van der Waals surface area contributed by atoms with Crippen LogP contribution in [0.1, 0.15) is 32.1 Å². The zero-order chi connectivity index (χ0) is 12.8. The lowest BCUT2D eigenvalue weighted by atomic mass is 9.75. The number of amides is 1. The molecule has 1 N–H and O–H groups in total. The van der Waals surface area contributed by atoms with Crippen molar-refractivity contribution in [2.24, 2.45) is 5.41 Å². The van der Waals surface area contributed by atoms with Crippen molar-refractivity contribution < 1.29 is 14.3 Å². The molecule has 1 amide bonds. The molecule has 0 aromatic rings. The Labute approximate surface area is 114 Å². The van der Waals surface area contributed by atoms with E-state index in [0.29, 0.717) is 24.1 Å². The van der Waals surface area contributed by atoms with E-state index < -0.39 is 0 Å². The normalized spacial score (nSPS) is 27.1. The minimum atomic E-state index is 0.0805. The quantitative estimate of drug-likeness (QED) is 0.761. The fourth-order valence-corrected chi connectivity index (χ4v) is 2.86. The summed E-state index contributed by atoms with van der Waals surface area (Å²) in [5.74, 6) is 0.761. The third-order valence-corrected chi connectivity index (χ3v) is 4.25. The molecule has 0 aliphatic carbocycles. The summed E-state index contributed by atoms with van der Waals surface area (Å²) in [4.78, 5) is 11.6. The maximum Gasteiger partial charge on any atom is 0.222 e. The molecule has 0 aromatic heterocycles. The molecule has 2 fully saturated rings. The Bertz CT molecular complexity index is 269. The van der Waals surface area contributed by atoms with E-state index in [0.717, 1.165) is 39.1 Å². The average molecular weight is 273 g/mol. The maximum absolute atomic E-state index is 11.6. The summed E-state index contributed by atoms with van der Waals surface area (Å²) < 4.78 is 11.3. The highest BCUT2D eigenvalue weighted by atomic mass is 32.1. The minimum Gasteiger partial charge on any atom is -0.381 e. The molecule has 0 aromatic carbocycles. The molecule has 5 heteroatoms. The Morgan fingerprint density at radius 3 is 2.72 bits per heavy atom. The van der Waals surface area contributed by atoms with Gasteiger partial charge in [-0.15, -0.1) is 0 Å². The Kier molecular flexibility index (Phi) is 5.33. The predicted molar refractivity (Wildman–Crippen MR) is 72.9 cm³/mol. The molecule has 1 atom stereocenters. The summed E-state index contributed by atoms with van der Waals surface area (Å²) in [5, 5.41) is 2.84. The first-order valence-corrected chi connectivity index (χ1v) is 7.44. The molecule has 2 rings (SSSR count). The summed E-state index contributed by atoms with van der Waals surface area (Å²) in [7, 11) is 0. The van der Waals surface area contributed by atoms with Crippen LogP contribution in [0.25, 0.3) is 0 Å². The number of carbonyl (C=O) groups is 1. The van der Waals surface area contributed by atoms with E-state index in [4.69, 9.17) is 9.47 Å². The van der Waals surface area contributed by atoms with Crippen molar-refractivity contribution in [2.75, 3.05) is 32.1 Å². The van der Waals surface area contributed by atoms with E-state index >= 15 is 0 Å². The highest BCUT2D eigenvalue weighted by Gasteiger charge is 2.37. The van der Waals surface area contributed by atoms with Crippen LogP contribution in [0.5, 0.6) is 0 Å². The zero-order valence-electron chi connectivity index (χ0n) is 10.8. The van der Waals surface area contributed by atoms with E-state index in [1.807, 2.05) is 0 Å². The number of thiol groups is 1. The number of ether oxygens (including phenoxy) is 2. The van der Waals surface area contributed by atoms with Gasteiger partial charge in [0.2, 0.25) is 5.91 Å². The first-order chi connectivity index (χ1) is 8.74. The Hall–Kier alpha value is -0.260. The van der Waals surface area contributed by atoms with Gasteiger partial charge in [-0.2, -0.15) is 12.6 Å². The summed E-state index contributed by atoms with van der Waals surface area (Å²) >= 11 is 4.07. The van der Waals surface area contributed by atoms with Crippen molar-refractivity contribution in [3.8, 4) is 0 Å². The molecule has 0 radical (unpaired) electrons. The molecular weight excluding hydrogens is 250 g/mol. The second-order valence-corrected chi connectivity index (χ2v) is 5.81. The van der Waals surface area contributed by atoms with Gasteiger partial charge in [0.15, 0.2) is 0 Å². The SMILES string of the molecule is O=C(CC1CCC2(CCOCC2)CO1)NCCS. The molecule has 0 bridgehead atoms. The summed E-state index contributed by atoms with van der Waals surface area (Å²) in [6.45, 7) is 3.14. The van der Waals surface area contributed by atoms with Crippen molar-refractivity contribution in [3.05, 3.63) is 0 Å². The van der Waals surface area contributed by atoms with E-state index in [1.54, 1.807) is 0 Å². The fourth-order valence-electron chi connectivity index (χ4n) is 2.75. The first-order valence-electron chi connectivity index (χ1n) is 6.81. The second kappa shape index (κ2) is 6.78. The molecule has 1 unspecified atom stereocenters. The molecular formula is C13H23NO3S. The summed E-state index contributed by atoms with van der Waals surface area (Å²) in [6.07, 6.45) is 4.95. The van der Waals surface area contributed by atoms with Crippen molar-refractivity contribution in [2.45, 2.75) is 38.2 Å². The van der Waals surface area contributed by atoms with Gasteiger partial charge in [-0.25, -0.2) is 0 Å². The monoisotopic (exact) mass is 273 g/mol. The van der Waals surface area contributed by atoms with Gasteiger partial charge < -0.3 is 14.8 Å². The standard InChI is InChI=1S/C13H23NO3S/c15-12(14-5-8-18)9-11-1-2-13(10-17-11)3-6-16-7-4-13/h11,18H,1-10H2,(H,14,15). The molecule has 2 aliphatic rings. The van der Waals surface area contributed by atoms with Gasteiger partial charge in [0, 0.05) is 25.5 Å². The highest BCUT2D eigenvalue weighted by Crippen LogP contribution is 2.40. The number of hydrogen-bond acceptors (Lipinski definition) is 4. The van der Waals surface area contributed by atoms with Crippen LogP contribution in [0.2, 0.25) is 0 Å². The third kappa shape index (κ3) is 3.87. The summed E-state index contributed by atoms with van der Waals surface area (Å²) in [5.41, 5.74) is 0.330. The van der Waals surface area contributed by atoms with Gasteiger partial charge in [-0.3, -0.25) is 4.79 Å². The van der Waals surface area contributed by atoms with E-state index in [1.165, 1.54) is 6.42 Å². The molecule has 104 valence electrons. The molecule has 1 spiro atoms. The van der Waals surface area contributed by atoms with E-state index in [-0.39, 0.29) is 12.0 Å². The lowest BCUT2D eigenvalue weighted by molar-refractivity contribution is -0.132. The lowest BCUT2D eigenvalue weighted by Crippen LogP contribution is -2.41. The predicted octanol–water partition coefficient (Wildman–Crippen LogP) is 1.40. The first kappa shape index (κ1) is 14.2. The van der Waals surface area contributed by atoms with Crippen LogP contribution >= 0.6 is 12.6 Å². The van der Waals surface area contributed by atoms with Crippen LogP contribution in [-0.2, 0) is 14.3 Å². The smallest absolute Gasteiger partial charge is 0.222 e. The van der Waals surface area contributed by atoms with Gasteiger partial charge in [-0.1, -0.05) is 0 Å². The van der Waals surface area contributed by atoms with Crippen LogP contribution < -0.4 is 5.32 Å². The number of rotatable bonds is 4. The van der Waals surface area contributed by atoms with Crippen LogP contribution in [0, 0.1) is 5.41 Å². The van der Waals surface area contributed by atoms with Gasteiger partial charge in [-0.05, 0) is 31.1 Å². The molecule has 2 heterocycles. The Morgan fingerprint density at radius 1 is 1.33 bits per heavy atom. The Morgan fingerprint density at radius 2 is 2.11 bits per heavy atom. The fraction of sp³-hybridized carbons (Fsp3) is 0.923. The highest BCUT2D eigenvalue weighted by molar-refractivity contribution is 7.80. The van der Waals surface area contributed by atoms with E-state index in [9.17, 15) is 4.79 Å². The topological polar surface area (TPSA) is 47.6 Å². The van der Waals surface area contributed by atoms with Gasteiger partial charge in [0.05, 0.1) is 19.1 Å². The molecule has 4 nitrogen and oxygen atoms in total. The van der Waals surface area contributed by atoms with Crippen molar-refractivity contribution >= 4 is 18.5 Å². The largest absolute Gasteiger partial charge is 0.381 e. The molecule has 2 saturated heterocycles. The number of carbonyl (C=O) groups excluding carboxylic acids is 1. The van der Waals surface area contributed by atoms with Gasteiger partial charge in [0.1, 0.15) is 0 Å². The maximum atomic E-state index is 11.6. The van der Waals surface area contributed by atoms with Crippen LogP contribution in [0.15, 0.2) is 0 Å². The van der Waals surface area contributed by atoms with Crippen LogP contribution in [0.4, 0.5) is 0 Å². The lowest BCUT2D eigenvalue weighted by Gasteiger charge is -2.42. The molecule has 0 saturated carbocycles. The van der Waals surface area contributed by atoms with Crippen LogP contribution in [0.3, 0.4) is 0 Å². The van der Waals surface area contributed by atoms with Crippen molar-refractivity contribution in [1.29, 1.82) is 0 Å². The number of nitrogens with one attached hydrogen (secondary N) is 1.